The SMILES string of the molecule is CCc1c(C#N)c(SCc2ccc(CNC(C)=O)cc2)nc(N2CCCC[C@H]2COC(C)(C)C)c1C#N. The molecule has 0 unspecified atom stereocenters. The molecule has 37 heavy (non-hydrogen) atoms. The Labute approximate surface area is 225 Å². The van der Waals surface area contributed by atoms with Crippen LogP contribution in [0.3, 0.4) is 0 Å². The molecule has 3 rings (SSSR count). The average Bonchev–Trinajstić information content (AvgIpc) is 2.88. The van der Waals surface area contributed by atoms with Gasteiger partial charge in [0.2, 0.25) is 5.91 Å². The van der Waals surface area contributed by atoms with Gasteiger partial charge in [0, 0.05) is 25.8 Å². The minimum Gasteiger partial charge on any atom is -0.374 e. The molecule has 0 saturated carbocycles. The Morgan fingerprint density at radius 1 is 1.16 bits per heavy atom. The molecular weight excluding hydrogens is 482 g/mol. The molecule has 1 fully saturated rings. The van der Waals surface area contributed by atoms with E-state index >= 15 is 0 Å². The second-order valence-electron chi connectivity index (χ2n) is 10.3. The van der Waals surface area contributed by atoms with Crippen molar-refractivity contribution in [2.75, 3.05) is 18.1 Å². The van der Waals surface area contributed by atoms with Crippen LogP contribution in [0.1, 0.15) is 81.7 Å². The Balaban J connectivity index is 1.91. The number of aromatic nitrogens is 1. The van der Waals surface area contributed by atoms with E-state index < -0.39 is 0 Å². The lowest BCUT2D eigenvalue weighted by Crippen LogP contribution is -2.45. The minimum atomic E-state index is -0.244. The van der Waals surface area contributed by atoms with Gasteiger partial charge in [-0.3, -0.25) is 4.79 Å². The number of hydrogen-bond acceptors (Lipinski definition) is 7. The first kappa shape index (κ1) is 28.5. The second-order valence-corrected chi connectivity index (χ2v) is 11.3. The number of anilines is 1. The number of hydrogen-bond donors (Lipinski definition) is 1. The predicted octanol–water partition coefficient (Wildman–Crippen LogP) is 5.49. The molecule has 1 atom stereocenters. The highest BCUT2D eigenvalue weighted by Gasteiger charge is 2.30. The Morgan fingerprint density at radius 3 is 2.43 bits per heavy atom. The minimum absolute atomic E-state index is 0.0565. The molecule has 1 saturated heterocycles. The number of benzene rings is 1. The molecule has 1 aliphatic heterocycles. The molecule has 2 heterocycles. The van der Waals surface area contributed by atoms with Gasteiger partial charge >= 0.3 is 0 Å². The van der Waals surface area contributed by atoms with E-state index in [-0.39, 0.29) is 17.6 Å². The van der Waals surface area contributed by atoms with Crippen molar-refractivity contribution >= 4 is 23.5 Å². The van der Waals surface area contributed by atoms with Crippen LogP contribution in [0.5, 0.6) is 0 Å². The Kier molecular flexibility index (Phi) is 9.97. The van der Waals surface area contributed by atoms with Crippen molar-refractivity contribution in [3.63, 3.8) is 0 Å². The number of ether oxygens (including phenoxy) is 1. The summed E-state index contributed by atoms with van der Waals surface area (Å²) in [6.45, 7) is 11.5. The van der Waals surface area contributed by atoms with E-state index in [4.69, 9.17) is 9.72 Å². The average molecular weight is 520 g/mol. The summed E-state index contributed by atoms with van der Waals surface area (Å²) in [5.41, 5.74) is 3.65. The zero-order valence-corrected chi connectivity index (χ0v) is 23.4. The summed E-state index contributed by atoms with van der Waals surface area (Å²) in [5.74, 6) is 1.26. The van der Waals surface area contributed by atoms with Gasteiger partial charge in [-0.2, -0.15) is 10.5 Å². The zero-order chi connectivity index (χ0) is 27.0. The van der Waals surface area contributed by atoms with Gasteiger partial charge in [0.1, 0.15) is 23.0 Å². The highest BCUT2D eigenvalue weighted by Crippen LogP contribution is 2.36. The van der Waals surface area contributed by atoms with Gasteiger partial charge in [0.25, 0.3) is 0 Å². The first-order valence-electron chi connectivity index (χ1n) is 12.9. The summed E-state index contributed by atoms with van der Waals surface area (Å²) >= 11 is 1.52. The Bertz CT molecular complexity index is 1180. The molecule has 196 valence electrons. The Hall–Kier alpha value is -3.07. The standard InChI is InChI=1S/C29H37N5O2S/c1-6-24-25(15-30)27(34-14-8-7-9-23(34)18-36-29(3,4)5)33-28(26(24)16-31)37-19-22-12-10-21(11-13-22)17-32-20(2)35/h10-13,23H,6-9,14,17-19H2,1-5H3,(H,32,35)/t23-/m0/s1. The number of nitrogens with one attached hydrogen (secondary N) is 1. The molecule has 1 amide bonds. The van der Waals surface area contributed by atoms with Crippen molar-refractivity contribution < 1.29 is 9.53 Å². The van der Waals surface area contributed by atoms with E-state index in [0.29, 0.717) is 47.3 Å². The van der Waals surface area contributed by atoms with Gasteiger partial charge in [0.15, 0.2) is 0 Å². The molecule has 2 aromatic rings. The summed E-state index contributed by atoms with van der Waals surface area (Å²) in [7, 11) is 0. The van der Waals surface area contributed by atoms with Gasteiger partial charge in [-0.05, 0) is 63.1 Å². The number of carbonyl (C=O) groups excluding carboxylic acids is 1. The maximum absolute atomic E-state index is 11.2. The molecule has 1 aromatic carbocycles. The van der Waals surface area contributed by atoms with Gasteiger partial charge < -0.3 is 15.0 Å². The van der Waals surface area contributed by atoms with Gasteiger partial charge in [-0.15, -0.1) is 11.8 Å². The van der Waals surface area contributed by atoms with Crippen molar-refractivity contribution in [2.45, 2.75) is 89.3 Å². The van der Waals surface area contributed by atoms with E-state index in [2.05, 4.69) is 43.1 Å². The van der Waals surface area contributed by atoms with Crippen LogP contribution in [-0.4, -0.2) is 35.7 Å². The normalized spacial score (nSPS) is 15.6. The van der Waals surface area contributed by atoms with Crippen LogP contribution >= 0.6 is 11.8 Å². The van der Waals surface area contributed by atoms with Crippen molar-refractivity contribution in [2.24, 2.45) is 0 Å². The maximum Gasteiger partial charge on any atom is 0.217 e. The lowest BCUT2D eigenvalue weighted by atomic mass is 9.98. The van der Waals surface area contributed by atoms with Crippen molar-refractivity contribution in [1.82, 2.24) is 10.3 Å². The number of nitrogens with zero attached hydrogens (tertiary/aromatic N) is 4. The molecule has 1 aliphatic rings. The number of thioether (sulfide) groups is 1. The fraction of sp³-hybridized carbons (Fsp3) is 0.517. The molecule has 0 spiro atoms. The van der Waals surface area contributed by atoms with E-state index in [1.54, 1.807) is 0 Å². The van der Waals surface area contributed by atoms with Crippen LogP contribution in [-0.2, 0) is 28.2 Å². The van der Waals surface area contributed by atoms with Crippen molar-refractivity contribution in [3.05, 3.63) is 52.1 Å². The first-order valence-corrected chi connectivity index (χ1v) is 13.9. The fourth-order valence-corrected chi connectivity index (χ4v) is 5.39. The molecular formula is C29H37N5O2S. The second kappa shape index (κ2) is 12.9. The molecule has 1 aromatic heterocycles. The molecule has 1 N–H and O–H groups in total. The number of piperidine rings is 1. The molecule has 7 nitrogen and oxygen atoms in total. The number of carbonyl (C=O) groups is 1. The maximum atomic E-state index is 11.2. The number of rotatable bonds is 9. The van der Waals surface area contributed by atoms with Crippen LogP contribution in [0, 0.1) is 22.7 Å². The summed E-state index contributed by atoms with van der Waals surface area (Å²) in [5, 5.41) is 23.6. The third kappa shape index (κ3) is 7.71. The zero-order valence-electron chi connectivity index (χ0n) is 22.6. The van der Waals surface area contributed by atoms with E-state index in [9.17, 15) is 15.3 Å². The predicted molar refractivity (Wildman–Crippen MR) is 147 cm³/mol. The van der Waals surface area contributed by atoms with E-state index in [1.807, 2.05) is 31.2 Å². The van der Waals surface area contributed by atoms with Gasteiger partial charge in [-0.1, -0.05) is 31.2 Å². The largest absolute Gasteiger partial charge is 0.374 e. The van der Waals surface area contributed by atoms with Crippen LogP contribution in [0.4, 0.5) is 5.82 Å². The summed E-state index contributed by atoms with van der Waals surface area (Å²) in [6, 6.07) is 12.9. The monoisotopic (exact) mass is 519 g/mol. The summed E-state index contributed by atoms with van der Waals surface area (Å²) < 4.78 is 6.14. The van der Waals surface area contributed by atoms with Crippen LogP contribution < -0.4 is 10.2 Å². The lowest BCUT2D eigenvalue weighted by Gasteiger charge is -2.38. The number of nitriles is 2. The molecule has 8 heteroatoms. The van der Waals surface area contributed by atoms with Crippen LogP contribution in [0.15, 0.2) is 29.3 Å². The molecule has 0 bridgehead atoms. The third-order valence-electron chi connectivity index (χ3n) is 6.37. The van der Waals surface area contributed by atoms with Crippen LogP contribution in [0.2, 0.25) is 0 Å². The summed E-state index contributed by atoms with van der Waals surface area (Å²) in [4.78, 5) is 18.4. The topological polar surface area (TPSA) is 102 Å². The quantitative estimate of drug-likeness (QED) is 0.437. The smallest absolute Gasteiger partial charge is 0.217 e. The first-order chi connectivity index (χ1) is 17.7. The number of pyridine rings is 1. The summed E-state index contributed by atoms with van der Waals surface area (Å²) in [6.07, 6.45) is 3.72. The highest BCUT2D eigenvalue weighted by molar-refractivity contribution is 7.98. The number of amides is 1. The molecule has 0 aliphatic carbocycles. The van der Waals surface area contributed by atoms with Crippen molar-refractivity contribution in [1.29, 1.82) is 10.5 Å². The third-order valence-corrected chi connectivity index (χ3v) is 7.42. The van der Waals surface area contributed by atoms with E-state index in [0.717, 1.165) is 42.5 Å². The lowest BCUT2D eigenvalue weighted by molar-refractivity contribution is -0.119. The fourth-order valence-electron chi connectivity index (χ4n) is 4.43. The molecule has 0 radical (unpaired) electrons. The van der Waals surface area contributed by atoms with Gasteiger partial charge in [-0.25, -0.2) is 4.98 Å². The van der Waals surface area contributed by atoms with E-state index in [1.165, 1.54) is 18.7 Å². The Morgan fingerprint density at radius 2 is 1.84 bits per heavy atom. The highest BCUT2D eigenvalue weighted by atomic mass is 32.2. The van der Waals surface area contributed by atoms with Crippen LogP contribution in [0.25, 0.3) is 0 Å². The van der Waals surface area contributed by atoms with Crippen molar-refractivity contribution in [3.8, 4) is 12.1 Å². The van der Waals surface area contributed by atoms with Gasteiger partial charge in [0.05, 0.1) is 29.4 Å².